The van der Waals surface area contributed by atoms with Crippen molar-refractivity contribution < 1.29 is 21.6 Å². The van der Waals surface area contributed by atoms with E-state index in [1.54, 1.807) is 0 Å². The van der Waals surface area contributed by atoms with Gasteiger partial charge in [-0.2, -0.15) is 0 Å². The number of rotatable bonds is 3. The molecule has 0 bridgehead atoms. The summed E-state index contributed by atoms with van der Waals surface area (Å²) in [5.74, 6) is 0.0328. The van der Waals surface area contributed by atoms with Crippen LogP contribution >= 0.6 is 0 Å². The Morgan fingerprint density at radius 3 is 1.94 bits per heavy atom. The van der Waals surface area contributed by atoms with E-state index in [0.29, 0.717) is 0 Å². The standard InChI is InChI=1S/C9H12O5S2/c1-14-7-5-4-6-8(15(2,10)11)9(7)16(3,12)13/h4-6H,1-3H3. The van der Waals surface area contributed by atoms with Crippen LogP contribution in [0.5, 0.6) is 5.75 Å². The second kappa shape index (κ2) is 4.06. The fourth-order valence-corrected chi connectivity index (χ4v) is 3.94. The fraction of sp³-hybridized carbons (Fsp3) is 0.333. The van der Waals surface area contributed by atoms with Crippen molar-refractivity contribution in [2.45, 2.75) is 9.79 Å². The molecule has 0 saturated carbocycles. The first-order valence-corrected chi connectivity index (χ1v) is 8.03. The van der Waals surface area contributed by atoms with E-state index in [1.807, 2.05) is 0 Å². The molecule has 0 aliphatic rings. The molecule has 0 N–H and O–H groups in total. The molecule has 0 amide bonds. The smallest absolute Gasteiger partial charge is 0.180 e. The molecule has 0 aliphatic carbocycles. The van der Waals surface area contributed by atoms with Crippen molar-refractivity contribution in [3.8, 4) is 5.75 Å². The van der Waals surface area contributed by atoms with Crippen molar-refractivity contribution in [3.05, 3.63) is 18.2 Å². The maximum atomic E-state index is 11.5. The molecular weight excluding hydrogens is 252 g/mol. The normalized spacial score (nSPS) is 12.4. The van der Waals surface area contributed by atoms with Crippen LogP contribution in [0.15, 0.2) is 28.0 Å². The van der Waals surface area contributed by atoms with E-state index in [-0.39, 0.29) is 15.5 Å². The number of ether oxygens (including phenoxy) is 1. The number of methoxy groups -OCH3 is 1. The van der Waals surface area contributed by atoms with E-state index < -0.39 is 19.7 Å². The topological polar surface area (TPSA) is 77.5 Å². The highest BCUT2D eigenvalue weighted by molar-refractivity contribution is 7.93. The highest BCUT2D eigenvalue weighted by Crippen LogP contribution is 2.30. The van der Waals surface area contributed by atoms with Crippen LogP contribution in [-0.4, -0.2) is 36.5 Å². The first-order valence-electron chi connectivity index (χ1n) is 4.25. The first-order chi connectivity index (χ1) is 7.18. The Morgan fingerprint density at radius 2 is 1.56 bits per heavy atom. The second-order valence-corrected chi connectivity index (χ2v) is 7.27. The average Bonchev–Trinajstić information content (AvgIpc) is 2.13. The quantitative estimate of drug-likeness (QED) is 0.794. The van der Waals surface area contributed by atoms with Gasteiger partial charge in [0, 0.05) is 12.5 Å². The van der Waals surface area contributed by atoms with Gasteiger partial charge >= 0.3 is 0 Å². The van der Waals surface area contributed by atoms with Gasteiger partial charge in [-0.1, -0.05) is 6.07 Å². The van der Waals surface area contributed by atoms with Crippen molar-refractivity contribution in [2.24, 2.45) is 0 Å². The molecule has 5 nitrogen and oxygen atoms in total. The van der Waals surface area contributed by atoms with Gasteiger partial charge in [0.15, 0.2) is 19.7 Å². The highest BCUT2D eigenvalue weighted by Gasteiger charge is 2.24. The van der Waals surface area contributed by atoms with Gasteiger partial charge in [0.2, 0.25) is 0 Å². The number of hydrogen-bond acceptors (Lipinski definition) is 5. The molecule has 1 aromatic carbocycles. The molecule has 0 heterocycles. The molecular formula is C9H12O5S2. The van der Waals surface area contributed by atoms with Crippen LogP contribution in [0.4, 0.5) is 0 Å². The van der Waals surface area contributed by atoms with Gasteiger partial charge in [0.25, 0.3) is 0 Å². The zero-order valence-electron chi connectivity index (χ0n) is 9.09. The zero-order chi connectivity index (χ0) is 12.6. The van der Waals surface area contributed by atoms with Gasteiger partial charge in [0.05, 0.1) is 12.0 Å². The van der Waals surface area contributed by atoms with Crippen LogP contribution in [0.3, 0.4) is 0 Å². The van der Waals surface area contributed by atoms with E-state index in [4.69, 9.17) is 4.74 Å². The first kappa shape index (κ1) is 13.0. The molecule has 0 saturated heterocycles. The number of benzene rings is 1. The Hall–Kier alpha value is -1.08. The number of hydrogen-bond donors (Lipinski definition) is 0. The lowest BCUT2D eigenvalue weighted by Gasteiger charge is -2.10. The van der Waals surface area contributed by atoms with E-state index in [1.165, 1.54) is 25.3 Å². The summed E-state index contributed by atoms with van der Waals surface area (Å²) in [6.45, 7) is 0. The van der Waals surface area contributed by atoms with Crippen LogP contribution in [-0.2, 0) is 19.7 Å². The third-order valence-electron chi connectivity index (χ3n) is 1.93. The summed E-state index contributed by atoms with van der Waals surface area (Å²) in [5.41, 5.74) is 0. The monoisotopic (exact) mass is 264 g/mol. The van der Waals surface area contributed by atoms with E-state index in [0.717, 1.165) is 12.5 Å². The average molecular weight is 264 g/mol. The van der Waals surface area contributed by atoms with Crippen molar-refractivity contribution in [1.82, 2.24) is 0 Å². The second-order valence-electron chi connectivity index (χ2n) is 3.33. The predicted molar refractivity (Wildman–Crippen MR) is 59.2 cm³/mol. The Kier molecular flexibility index (Phi) is 3.30. The fourth-order valence-electron chi connectivity index (χ4n) is 1.31. The molecule has 1 aromatic rings. The van der Waals surface area contributed by atoms with Crippen molar-refractivity contribution in [3.63, 3.8) is 0 Å². The number of sulfone groups is 2. The summed E-state index contributed by atoms with van der Waals surface area (Å²) in [5, 5.41) is 0. The molecule has 0 fully saturated rings. The predicted octanol–water partition coefficient (Wildman–Crippen LogP) is 0.502. The van der Waals surface area contributed by atoms with Crippen LogP contribution in [0.2, 0.25) is 0 Å². The Morgan fingerprint density at radius 1 is 1.00 bits per heavy atom. The summed E-state index contributed by atoms with van der Waals surface area (Å²) in [7, 11) is -5.98. The molecule has 90 valence electrons. The molecule has 0 radical (unpaired) electrons. The molecule has 7 heteroatoms. The van der Waals surface area contributed by atoms with E-state index in [9.17, 15) is 16.8 Å². The minimum Gasteiger partial charge on any atom is -0.495 e. The Labute approximate surface area is 94.9 Å². The third-order valence-corrected chi connectivity index (χ3v) is 4.36. The summed E-state index contributed by atoms with van der Waals surface area (Å²) in [6, 6.07) is 4.09. The Balaban J connectivity index is 3.79. The minimum atomic E-state index is -3.66. The van der Waals surface area contributed by atoms with Crippen molar-refractivity contribution in [2.75, 3.05) is 19.6 Å². The molecule has 1 rings (SSSR count). The highest BCUT2D eigenvalue weighted by atomic mass is 32.2. The third kappa shape index (κ3) is 2.53. The maximum Gasteiger partial charge on any atom is 0.180 e. The van der Waals surface area contributed by atoms with Crippen molar-refractivity contribution in [1.29, 1.82) is 0 Å². The lowest BCUT2D eigenvalue weighted by molar-refractivity contribution is 0.400. The molecule has 0 unspecified atom stereocenters. The summed E-state index contributed by atoms with van der Waals surface area (Å²) in [6.07, 6.45) is 1.90. The van der Waals surface area contributed by atoms with Gasteiger partial charge in [-0.05, 0) is 12.1 Å². The molecule has 0 atom stereocenters. The maximum absolute atomic E-state index is 11.5. The van der Waals surface area contributed by atoms with Crippen LogP contribution in [0.1, 0.15) is 0 Å². The van der Waals surface area contributed by atoms with Crippen molar-refractivity contribution >= 4 is 19.7 Å². The Bertz CT molecular complexity index is 599. The van der Waals surface area contributed by atoms with Crippen LogP contribution in [0, 0.1) is 0 Å². The van der Waals surface area contributed by atoms with Gasteiger partial charge in [-0.3, -0.25) is 0 Å². The summed E-state index contributed by atoms with van der Waals surface area (Å²) >= 11 is 0. The van der Waals surface area contributed by atoms with Gasteiger partial charge in [0.1, 0.15) is 10.6 Å². The molecule has 16 heavy (non-hydrogen) atoms. The van der Waals surface area contributed by atoms with Gasteiger partial charge in [-0.25, -0.2) is 16.8 Å². The summed E-state index contributed by atoms with van der Waals surface area (Å²) < 4.78 is 50.8. The largest absolute Gasteiger partial charge is 0.495 e. The lowest BCUT2D eigenvalue weighted by atomic mass is 10.3. The van der Waals surface area contributed by atoms with Crippen LogP contribution in [0.25, 0.3) is 0 Å². The SMILES string of the molecule is COc1cccc(S(C)(=O)=O)c1S(C)(=O)=O. The van der Waals surface area contributed by atoms with Gasteiger partial charge < -0.3 is 4.74 Å². The van der Waals surface area contributed by atoms with E-state index >= 15 is 0 Å². The zero-order valence-corrected chi connectivity index (χ0v) is 10.7. The lowest BCUT2D eigenvalue weighted by Crippen LogP contribution is -2.09. The van der Waals surface area contributed by atoms with E-state index in [2.05, 4.69) is 0 Å². The minimum absolute atomic E-state index is 0.0328. The van der Waals surface area contributed by atoms with Crippen LogP contribution < -0.4 is 4.74 Å². The summed E-state index contributed by atoms with van der Waals surface area (Å²) in [4.78, 5) is -0.533. The molecule has 0 aliphatic heterocycles. The molecule has 0 aromatic heterocycles. The van der Waals surface area contributed by atoms with Gasteiger partial charge in [-0.15, -0.1) is 0 Å². The molecule has 0 spiro atoms.